The van der Waals surface area contributed by atoms with E-state index >= 15 is 0 Å². The number of nitrogens with two attached hydrogens (primary N) is 1. The van der Waals surface area contributed by atoms with Crippen LogP contribution in [0.25, 0.3) is 10.2 Å². The van der Waals surface area contributed by atoms with Crippen LogP contribution in [0, 0.1) is 6.92 Å². The van der Waals surface area contributed by atoms with Gasteiger partial charge in [0.25, 0.3) is 5.56 Å². The lowest BCUT2D eigenvalue weighted by molar-refractivity contribution is -0.708. The topological polar surface area (TPSA) is 97.9 Å². The quantitative estimate of drug-likeness (QED) is 0.439. The van der Waals surface area contributed by atoms with E-state index in [9.17, 15) is 9.59 Å². The van der Waals surface area contributed by atoms with Crippen molar-refractivity contribution in [2.75, 3.05) is 20.3 Å². The monoisotopic (exact) mass is 408 g/mol. The number of rotatable bonds is 8. The number of fused-ring (bicyclic) bond motifs is 1. The van der Waals surface area contributed by atoms with Crippen LogP contribution < -0.4 is 10.9 Å². The number of ether oxygens (including phenoxy) is 2. The first kappa shape index (κ1) is 19.7. The summed E-state index contributed by atoms with van der Waals surface area (Å²) in [4.78, 5) is 34.4. The van der Waals surface area contributed by atoms with E-state index in [4.69, 9.17) is 9.47 Å². The Morgan fingerprint density at radius 3 is 2.93 bits per heavy atom. The van der Waals surface area contributed by atoms with Crippen LogP contribution in [0.4, 0.5) is 0 Å². The summed E-state index contributed by atoms with van der Waals surface area (Å²) < 4.78 is 10.1. The number of methoxy groups -OCH3 is 1. The molecule has 144 valence electrons. The molecule has 0 aromatic carbocycles. The largest absolute Gasteiger partial charge is 0.459 e. The number of carbonyl (C=O) groups is 1. The third-order valence-electron chi connectivity index (χ3n) is 4.21. The van der Waals surface area contributed by atoms with Gasteiger partial charge in [0.05, 0.1) is 16.9 Å². The van der Waals surface area contributed by atoms with E-state index in [0.29, 0.717) is 39.6 Å². The van der Waals surface area contributed by atoms with Crippen LogP contribution in [-0.2, 0) is 16.0 Å². The Bertz CT molecular complexity index is 979. The average Bonchev–Trinajstić information content (AvgIpc) is 3.28. The van der Waals surface area contributed by atoms with E-state index in [0.717, 1.165) is 0 Å². The highest BCUT2D eigenvalue weighted by atomic mass is 32.1. The van der Waals surface area contributed by atoms with Crippen LogP contribution in [0.5, 0.6) is 0 Å². The van der Waals surface area contributed by atoms with E-state index < -0.39 is 5.97 Å². The van der Waals surface area contributed by atoms with Crippen LogP contribution in [0.1, 0.15) is 38.9 Å². The zero-order valence-electron chi connectivity index (χ0n) is 15.4. The van der Waals surface area contributed by atoms with Crippen LogP contribution in [0.15, 0.2) is 22.3 Å². The molecule has 0 aliphatic heterocycles. The van der Waals surface area contributed by atoms with Crippen molar-refractivity contribution in [2.24, 2.45) is 0 Å². The van der Waals surface area contributed by atoms with Gasteiger partial charge in [0.1, 0.15) is 28.9 Å². The Labute approximate surface area is 164 Å². The number of esters is 1. The number of hydrogen-bond acceptors (Lipinski definition) is 7. The molecule has 9 heteroatoms. The van der Waals surface area contributed by atoms with Crippen molar-refractivity contribution in [3.63, 3.8) is 0 Å². The molecule has 0 saturated heterocycles. The second kappa shape index (κ2) is 8.75. The van der Waals surface area contributed by atoms with Crippen molar-refractivity contribution in [1.82, 2.24) is 9.97 Å². The van der Waals surface area contributed by atoms with Gasteiger partial charge in [0.2, 0.25) is 0 Å². The molecule has 3 aromatic heterocycles. The highest BCUT2D eigenvalue weighted by Gasteiger charge is 2.21. The molecule has 7 nitrogen and oxygen atoms in total. The predicted octanol–water partition coefficient (Wildman–Crippen LogP) is 1.98. The summed E-state index contributed by atoms with van der Waals surface area (Å²) in [5, 5.41) is 4.62. The third kappa shape index (κ3) is 4.44. The SMILES string of the molecule is COCCOC(=O)c1sc2nc(C[NH2+][C@@H](C)c3cccs3)[nH]c(=O)c2c1C. The first-order chi connectivity index (χ1) is 13.0. The fraction of sp³-hybridized carbons (Fsp3) is 0.389. The highest BCUT2D eigenvalue weighted by Crippen LogP contribution is 2.27. The van der Waals surface area contributed by atoms with Gasteiger partial charge in [-0.2, -0.15) is 0 Å². The van der Waals surface area contributed by atoms with Gasteiger partial charge in [-0.05, 0) is 30.9 Å². The first-order valence-corrected chi connectivity index (χ1v) is 10.3. The number of H-pyrrole nitrogens is 1. The maximum absolute atomic E-state index is 12.5. The number of aryl methyl sites for hydroxylation is 1. The molecular formula is C18H22N3O4S2+. The number of aromatic nitrogens is 2. The molecule has 0 unspecified atom stereocenters. The zero-order chi connectivity index (χ0) is 19.4. The van der Waals surface area contributed by atoms with Crippen molar-refractivity contribution in [3.8, 4) is 0 Å². The first-order valence-electron chi connectivity index (χ1n) is 8.56. The van der Waals surface area contributed by atoms with Crippen LogP contribution in [-0.4, -0.2) is 36.3 Å². The summed E-state index contributed by atoms with van der Waals surface area (Å²) in [5.74, 6) is 0.142. The molecule has 0 aliphatic rings. The van der Waals surface area contributed by atoms with Gasteiger partial charge in [-0.25, -0.2) is 9.78 Å². The molecule has 0 amide bonds. The lowest BCUT2D eigenvalue weighted by Gasteiger charge is -2.08. The number of nitrogens with zero attached hydrogens (tertiary/aromatic N) is 1. The molecule has 27 heavy (non-hydrogen) atoms. The Balaban J connectivity index is 1.79. The molecule has 0 radical (unpaired) electrons. The van der Waals surface area contributed by atoms with Gasteiger partial charge in [-0.3, -0.25) is 4.79 Å². The van der Waals surface area contributed by atoms with E-state index in [1.807, 2.05) is 11.4 Å². The van der Waals surface area contributed by atoms with Crippen LogP contribution >= 0.6 is 22.7 Å². The lowest BCUT2D eigenvalue weighted by atomic mass is 10.2. The molecular weight excluding hydrogens is 386 g/mol. The van der Waals surface area contributed by atoms with Crippen LogP contribution in [0.3, 0.4) is 0 Å². The summed E-state index contributed by atoms with van der Waals surface area (Å²) in [6, 6.07) is 4.40. The number of thiophene rings is 2. The summed E-state index contributed by atoms with van der Waals surface area (Å²) in [6.45, 7) is 4.92. The van der Waals surface area contributed by atoms with E-state index in [1.165, 1.54) is 16.2 Å². The van der Waals surface area contributed by atoms with Crippen molar-refractivity contribution < 1.29 is 19.6 Å². The summed E-state index contributed by atoms with van der Waals surface area (Å²) in [6.07, 6.45) is 0. The van der Waals surface area contributed by atoms with Crippen molar-refractivity contribution in [1.29, 1.82) is 0 Å². The van der Waals surface area contributed by atoms with E-state index in [-0.39, 0.29) is 18.2 Å². The predicted molar refractivity (Wildman–Crippen MR) is 105 cm³/mol. The molecule has 0 spiro atoms. The zero-order valence-corrected chi connectivity index (χ0v) is 17.0. The summed E-state index contributed by atoms with van der Waals surface area (Å²) >= 11 is 2.90. The fourth-order valence-electron chi connectivity index (χ4n) is 2.72. The van der Waals surface area contributed by atoms with Crippen molar-refractivity contribution in [3.05, 3.63) is 49.0 Å². The van der Waals surface area contributed by atoms with Gasteiger partial charge in [-0.1, -0.05) is 6.07 Å². The minimum Gasteiger partial charge on any atom is -0.459 e. The average molecular weight is 409 g/mol. The number of aromatic amines is 1. The number of hydrogen-bond donors (Lipinski definition) is 2. The Morgan fingerprint density at radius 2 is 2.22 bits per heavy atom. The molecule has 0 aliphatic carbocycles. The summed E-state index contributed by atoms with van der Waals surface area (Å²) in [5.41, 5.74) is 0.380. The number of nitrogens with one attached hydrogen (secondary N) is 1. The van der Waals surface area contributed by atoms with Crippen molar-refractivity contribution >= 4 is 38.9 Å². The second-order valence-corrected chi connectivity index (χ2v) is 8.10. The number of carbonyl (C=O) groups excluding carboxylic acids is 1. The molecule has 0 bridgehead atoms. The second-order valence-electron chi connectivity index (χ2n) is 6.12. The Morgan fingerprint density at radius 1 is 1.41 bits per heavy atom. The Kier molecular flexibility index (Phi) is 6.38. The summed E-state index contributed by atoms with van der Waals surface area (Å²) in [7, 11) is 1.54. The van der Waals surface area contributed by atoms with E-state index in [1.54, 1.807) is 25.4 Å². The molecule has 3 heterocycles. The fourth-order valence-corrected chi connectivity index (χ4v) is 4.59. The maximum atomic E-state index is 12.5. The lowest BCUT2D eigenvalue weighted by Crippen LogP contribution is -2.83. The molecule has 1 atom stereocenters. The van der Waals surface area contributed by atoms with Gasteiger partial charge >= 0.3 is 5.97 Å². The van der Waals surface area contributed by atoms with Crippen LogP contribution in [0.2, 0.25) is 0 Å². The van der Waals surface area contributed by atoms with Gasteiger partial charge < -0.3 is 19.8 Å². The molecule has 3 N–H and O–H groups in total. The highest BCUT2D eigenvalue weighted by molar-refractivity contribution is 7.20. The minimum absolute atomic E-state index is 0.174. The third-order valence-corrected chi connectivity index (χ3v) is 6.45. The maximum Gasteiger partial charge on any atom is 0.348 e. The van der Waals surface area contributed by atoms with Crippen molar-refractivity contribution in [2.45, 2.75) is 26.4 Å². The standard InChI is InChI=1S/C18H21N3O4S2/c1-10-14-16(22)20-13(9-19-11(2)12-5-4-8-26-12)21-17(14)27-15(10)18(23)25-7-6-24-3/h4-5,8,11,19H,6-7,9H2,1-3H3,(H,20,21,22)/p+1/t11-/m0/s1. The Hall–Kier alpha value is -2.07. The normalized spacial score (nSPS) is 12.4. The van der Waals surface area contributed by atoms with Gasteiger partial charge in [-0.15, -0.1) is 22.7 Å². The minimum atomic E-state index is -0.452. The van der Waals surface area contributed by atoms with Gasteiger partial charge in [0.15, 0.2) is 5.82 Å². The van der Waals surface area contributed by atoms with E-state index in [2.05, 4.69) is 28.3 Å². The molecule has 0 saturated carbocycles. The number of quaternary nitrogens is 1. The molecule has 3 rings (SSSR count). The molecule has 0 fully saturated rings. The molecule has 3 aromatic rings. The van der Waals surface area contributed by atoms with Gasteiger partial charge in [0, 0.05) is 7.11 Å². The smallest absolute Gasteiger partial charge is 0.348 e.